The molecule has 0 radical (unpaired) electrons. The Kier molecular flexibility index (Phi) is 2.98. The van der Waals surface area contributed by atoms with E-state index in [-0.39, 0.29) is 17.2 Å². The van der Waals surface area contributed by atoms with Gasteiger partial charge in [-0.15, -0.1) is 11.3 Å². The number of hydrazone groups is 1. The third-order valence-electron chi connectivity index (χ3n) is 4.52. The number of hydrogen-bond acceptors (Lipinski definition) is 3. The molecule has 1 heterocycles. The van der Waals surface area contributed by atoms with Crippen LogP contribution in [0.5, 0.6) is 0 Å². The van der Waals surface area contributed by atoms with Crippen molar-refractivity contribution in [1.29, 1.82) is 0 Å². The van der Waals surface area contributed by atoms with Gasteiger partial charge in [-0.05, 0) is 35.6 Å². The number of carbonyl (C=O) groups is 1. The number of amides is 1. The molecule has 3 rings (SSSR count). The summed E-state index contributed by atoms with van der Waals surface area (Å²) in [4.78, 5) is 13.1. The Morgan fingerprint density at radius 2 is 2.50 bits per heavy atom. The van der Waals surface area contributed by atoms with Crippen LogP contribution in [0, 0.1) is 17.3 Å². The Morgan fingerprint density at radius 1 is 1.61 bits per heavy atom. The second-order valence-electron chi connectivity index (χ2n) is 5.59. The molecular formula is C14H18N2OS. The molecule has 1 N–H and O–H groups in total. The quantitative estimate of drug-likeness (QED) is 0.660. The third kappa shape index (κ3) is 1.99. The zero-order chi connectivity index (χ0) is 12.6. The Bertz CT molecular complexity index is 468. The minimum Gasteiger partial charge on any atom is -0.273 e. The normalized spacial score (nSPS) is 34.3. The number of fused-ring (bicyclic) bond motifs is 1. The second-order valence-corrected chi connectivity index (χ2v) is 6.56. The van der Waals surface area contributed by atoms with Crippen molar-refractivity contribution in [3.05, 3.63) is 22.4 Å². The summed E-state index contributed by atoms with van der Waals surface area (Å²) >= 11 is 1.62. The van der Waals surface area contributed by atoms with Gasteiger partial charge in [0.2, 0.25) is 5.91 Å². The standard InChI is InChI=1S/C14H18N2OS/c1-14-7-3-2-6-11(14)12(14)13(17)16-15-9-10-5-4-8-18-10/h4-5,8-9,11-12H,2-3,6-7H2,1H3,(H,16,17)/b15-9+. The van der Waals surface area contributed by atoms with Gasteiger partial charge >= 0.3 is 0 Å². The fourth-order valence-electron chi connectivity index (χ4n) is 3.44. The maximum atomic E-state index is 12.1. The average molecular weight is 262 g/mol. The van der Waals surface area contributed by atoms with Gasteiger partial charge in [0.1, 0.15) is 0 Å². The number of thiophene rings is 1. The minimum absolute atomic E-state index is 0.109. The van der Waals surface area contributed by atoms with Crippen molar-refractivity contribution in [1.82, 2.24) is 5.43 Å². The van der Waals surface area contributed by atoms with Crippen LogP contribution < -0.4 is 5.43 Å². The van der Waals surface area contributed by atoms with E-state index in [1.165, 1.54) is 25.7 Å². The smallest absolute Gasteiger partial charge is 0.244 e. The van der Waals surface area contributed by atoms with Crippen LogP contribution in [0.15, 0.2) is 22.6 Å². The molecule has 3 atom stereocenters. The predicted molar refractivity (Wildman–Crippen MR) is 73.6 cm³/mol. The van der Waals surface area contributed by atoms with Gasteiger partial charge in [0.25, 0.3) is 0 Å². The zero-order valence-corrected chi connectivity index (χ0v) is 11.4. The summed E-state index contributed by atoms with van der Waals surface area (Å²) in [5.41, 5.74) is 2.97. The molecule has 3 unspecified atom stereocenters. The topological polar surface area (TPSA) is 41.5 Å². The molecule has 2 aliphatic carbocycles. The van der Waals surface area contributed by atoms with E-state index in [4.69, 9.17) is 0 Å². The third-order valence-corrected chi connectivity index (χ3v) is 5.33. The molecule has 2 saturated carbocycles. The maximum Gasteiger partial charge on any atom is 0.244 e. The molecule has 0 saturated heterocycles. The zero-order valence-electron chi connectivity index (χ0n) is 10.6. The SMILES string of the molecule is CC12CCCCC1C2C(=O)N/N=C/c1cccs1. The van der Waals surface area contributed by atoms with Crippen molar-refractivity contribution in [3.8, 4) is 0 Å². The molecule has 3 nitrogen and oxygen atoms in total. The van der Waals surface area contributed by atoms with Crippen LogP contribution in [0.4, 0.5) is 0 Å². The maximum absolute atomic E-state index is 12.1. The first-order valence-corrected chi connectivity index (χ1v) is 7.46. The Hall–Kier alpha value is -1.16. The number of nitrogens with one attached hydrogen (secondary N) is 1. The highest BCUT2D eigenvalue weighted by atomic mass is 32.1. The monoisotopic (exact) mass is 262 g/mol. The fraction of sp³-hybridized carbons (Fsp3) is 0.571. The van der Waals surface area contributed by atoms with E-state index in [1.54, 1.807) is 17.6 Å². The molecule has 0 aliphatic heterocycles. The molecule has 0 aromatic carbocycles. The molecule has 4 heteroatoms. The molecule has 1 amide bonds. The highest BCUT2D eigenvalue weighted by molar-refractivity contribution is 7.11. The first-order chi connectivity index (χ1) is 8.72. The Balaban J connectivity index is 1.57. The number of hydrogen-bond donors (Lipinski definition) is 1. The summed E-state index contributed by atoms with van der Waals surface area (Å²) in [5.74, 6) is 0.904. The molecule has 0 spiro atoms. The van der Waals surface area contributed by atoms with E-state index in [2.05, 4.69) is 17.5 Å². The van der Waals surface area contributed by atoms with E-state index in [0.717, 1.165) is 4.88 Å². The first-order valence-electron chi connectivity index (χ1n) is 6.58. The molecule has 1 aromatic heterocycles. The van der Waals surface area contributed by atoms with Crippen molar-refractivity contribution in [2.45, 2.75) is 32.6 Å². The van der Waals surface area contributed by atoms with Crippen molar-refractivity contribution in [3.63, 3.8) is 0 Å². The lowest BCUT2D eigenvalue weighted by Crippen LogP contribution is -2.22. The average Bonchev–Trinajstić information content (AvgIpc) is 2.71. The van der Waals surface area contributed by atoms with Crippen LogP contribution >= 0.6 is 11.3 Å². The summed E-state index contributed by atoms with van der Waals surface area (Å²) in [5, 5.41) is 6.05. The highest BCUT2D eigenvalue weighted by Crippen LogP contribution is 2.66. The fourth-order valence-corrected chi connectivity index (χ4v) is 4.03. The van der Waals surface area contributed by atoms with Crippen LogP contribution in [-0.2, 0) is 4.79 Å². The lowest BCUT2D eigenvalue weighted by molar-refractivity contribution is -0.123. The summed E-state index contributed by atoms with van der Waals surface area (Å²) in [7, 11) is 0. The molecule has 2 aliphatic rings. The molecule has 96 valence electrons. The van der Waals surface area contributed by atoms with E-state index in [1.807, 2.05) is 17.5 Å². The van der Waals surface area contributed by atoms with Crippen molar-refractivity contribution < 1.29 is 4.79 Å². The van der Waals surface area contributed by atoms with Gasteiger partial charge in [0.05, 0.1) is 6.21 Å². The number of nitrogens with zero attached hydrogens (tertiary/aromatic N) is 1. The summed E-state index contributed by atoms with van der Waals surface area (Å²) in [6.07, 6.45) is 6.68. The number of carbonyl (C=O) groups excluding carboxylic acids is 1. The van der Waals surface area contributed by atoms with Gasteiger partial charge in [-0.1, -0.05) is 25.8 Å². The Morgan fingerprint density at radius 3 is 3.17 bits per heavy atom. The van der Waals surface area contributed by atoms with Gasteiger partial charge in [-0.2, -0.15) is 5.10 Å². The molecule has 0 bridgehead atoms. The van der Waals surface area contributed by atoms with E-state index >= 15 is 0 Å². The van der Waals surface area contributed by atoms with E-state index in [9.17, 15) is 4.79 Å². The van der Waals surface area contributed by atoms with Gasteiger partial charge in [0, 0.05) is 10.8 Å². The van der Waals surface area contributed by atoms with Gasteiger partial charge < -0.3 is 0 Å². The van der Waals surface area contributed by atoms with Crippen LogP contribution in [-0.4, -0.2) is 12.1 Å². The Labute approximate surface area is 111 Å². The van der Waals surface area contributed by atoms with Crippen LogP contribution in [0.3, 0.4) is 0 Å². The molecule has 18 heavy (non-hydrogen) atoms. The minimum atomic E-state index is 0.109. The van der Waals surface area contributed by atoms with Crippen LogP contribution in [0.25, 0.3) is 0 Å². The van der Waals surface area contributed by atoms with E-state index < -0.39 is 0 Å². The largest absolute Gasteiger partial charge is 0.273 e. The summed E-state index contributed by atoms with van der Waals surface area (Å²) in [6, 6.07) is 3.96. The molecular weight excluding hydrogens is 244 g/mol. The van der Waals surface area contributed by atoms with Crippen molar-refractivity contribution in [2.75, 3.05) is 0 Å². The van der Waals surface area contributed by atoms with Crippen LogP contribution in [0.1, 0.15) is 37.5 Å². The summed E-state index contributed by atoms with van der Waals surface area (Å²) in [6.45, 7) is 2.25. The highest BCUT2D eigenvalue weighted by Gasteiger charge is 2.64. The van der Waals surface area contributed by atoms with E-state index in [0.29, 0.717) is 5.92 Å². The van der Waals surface area contributed by atoms with Gasteiger partial charge in [-0.25, -0.2) is 5.43 Å². The van der Waals surface area contributed by atoms with Crippen LogP contribution in [0.2, 0.25) is 0 Å². The first kappa shape index (κ1) is 11.9. The van der Waals surface area contributed by atoms with Gasteiger partial charge in [0.15, 0.2) is 0 Å². The lowest BCUT2D eigenvalue weighted by atomic mass is 9.90. The van der Waals surface area contributed by atoms with Crippen molar-refractivity contribution in [2.24, 2.45) is 22.4 Å². The second kappa shape index (κ2) is 4.50. The van der Waals surface area contributed by atoms with Crippen molar-refractivity contribution >= 4 is 23.5 Å². The molecule has 2 fully saturated rings. The predicted octanol–water partition coefficient (Wildman–Crippen LogP) is 3.02. The number of rotatable bonds is 3. The summed E-state index contributed by atoms with van der Waals surface area (Å²) < 4.78 is 0. The lowest BCUT2D eigenvalue weighted by Gasteiger charge is -2.15. The molecule has 1 aromatic rings. The van der Waals surface area contributed by atoms with Gasteiger partial charge in [-0.3, -0.25) is 4.79 Å².